The third kappa shape index (κ3) is 4.47. The van der Waals surface area contributed by atoms with Crippen molar-refractivity contribution in [2.45, 2.75) is 4.21 Å². The van der Waals surface area contributed by atoms with Gasteiger partial charge in [-0.05, 0) is 29.6 Å². The van der Waals surface area contributed by atoms with Crippen LogP contribution in [-0.2, 0) is 10.0 Å². The highest BCUT2D eigenvalue weighted by atomic mass is 32.2. The van der Waals surface area contributed by atoms with Crippen molar-refractivity contribution in [3.8, 4) is 11.5 Å². The standard InChI is InChI=1S/C15H18N2O5S2/c1-21-12-6-5-11(10-13(12)22-2)15(18)16-7-8-17-24(19,20)14-4-3-9-23-14/h3-6,9-10,17H,7-8H2,1-2H3,(H,16,18). The van der Waals surface area contributed by atoms with E-state index in [4.69, 9.17) is 9.47 Å². The van der Waals surface area contributed by atoms with Crippen molar-refractivity contribution in [2.24, 2.45) is 0 Å². The van der Waals surface area contributed by atoms with Gasteiger partial charge in [0.15, 0.2) is 11.5 Å². The van der Waals surface area contributed by atoms with Gasteiger partial charge in [0.1, 0.15) is 4.21 Å². The highest BCUT2D eigenvalue weighted by molar-refractivity contribution is 7.91. The summed E-state index contributed by atoms with van der Waals surface area (Å²) in [5.74, 6) is 0.646. The second-order valence-corrected chi connectivity index (χ2v) is 7.60. The molecule has 1 aromatic heterocycles. The van der Waals surface area contributed by atoms with Crippen molar-refractivity contribution >= 4 is 27.3 Å². The number of amides is 1. The Hall–Kier alpha value is -2.10. The van der Waals surface area contributed by atoms with Gasteiger partial charge in [-0.2, -0.15) is 0 Å². The summed E-state index contributed by atoms with van der Waals surface area (Å²) in [6.07, 6.45) is 0. The minimum Gasteiger partial charge on any atom is -0.493 e. The normalized spacial score (nSPS) is 11.1. The fourth-order valence-electron chi connectivity index (χ4n) is 1.93. The van der Waals surface area contributed by atoms with Crippen LogP contribution in [0.25, 0.3) is 0 Å². The number of thiophene rings is 1. The lowest BCUT2D eigenvalue weighted by Gasteiger charge is -2.10. The summed E-state index contributed by atoms with van der Waals surface area (Å²) in [5, 5.41) is 4.33. The van der Waals surface area contributed by atoms with E-state index < -0.39 is 10.0 Å². The van der Waals surface area contributed by atoms with E-state index >= 15 is 0 Å². The minimum atomic E-state index is -3.52. The first-order valence-electron chi connectivity index (χ1n) is 7.01. The number of hydrogen-bond acceptors (Lipinski definition) is 6. The number of carbonyl (C=O) groups excluding carboxylic acids is 1. The van der Waals surface area contributed by atoms with Crippen LogP contribution in [0.15, 0.2) is 39.9 Å². The fourth-order valence-corrected chi connectivity index (χ4v) is 4.00. The van der Waals surface area contributed by atoms with Crippen LogP contribution in [0.2, 0.25) is 0 Å². The maximum atomic E-state index is 12.1. The first-order chi connectivity index (χ1) is 11.5. The summed E-state index contributed by atoms with van der Waals surface area (Å²) in [4.78, 5) is 12.1. The van der Waals surface area contributed by atoms with Crippen LogP contribution in [0.1, 0.15) is 10.4 Å². The van der Waals surface area contributed by atoms with Crippen LogP contribution in [0.5, 0.6) is 11.5 Å². The molecule has 0 atom stereocenters. The largest absolute Gasteiger partial charge is 0.493 e. The summed E-state index contributed by atoms with van der Waals surface area (Å²) < 4.78 is 36.8. The minimum absolute atomic E-state index is 0.0965. The molecule has 0 aliphatic carbocycles. The van der Waals surface area contributed by atoms with Crippen molar-refractivity contribution < 1.29 is 22.7 Å². The Labute approximate surface area is 144 Å². The molecule has 0 aliphatic rings. The lowest BCUT2D eigenvalue weighted by Crippen LogP contribution is -2.34. The number of carbonyl (C=O) groups is 1. The Balaban J connectivity index is 1.88. The lowest BCUT2D eigenvalue weighted by atomic mass is 10.2. The molecule has 0 fully saturated rings. The second kappa shape index (κ2) is 8.13. The van der Waals surface area contributed by atoms with Crippen LogP contribution in [-0.4, -0.2) is 41.6 Å². The van der Waals surface area contributed by atoms with Crippen molar-refractivity contribution in [3.63, 3.8) is 0 Å². The molecule has 0 radical (unpaired) electrons. The molecule has 24 heavy (non-hydrogen) atoms. The molecule has 9 heteroatoms. The molecular weight excluding hydrogens is 352 g/mol. The maximum Gasteiger partial charge on any atom is 0.251 e. The predicted octanol–water partition coefficient (Wildman–Crippen LogP) is 1.47. The maximum absolute atomic E-state index is 12.1. The number of ether oxygens (including phenoxy) is 2. The van der Waals surface area contributed by atoms with Gasteiger partial charge in [-0.25, -0.2) is 13.1 Å². The van der Waals surface area contributed by atoms with Gasteiger partial charge < -0.3 is 14.8 Å². The average Bonchev–Trinajstić information content (AvgIpc) is 3.13. The molecule has 0 aliphatic heterocycles. The number of nitrogens with one attached hydrogen (secondary N) is 2. The molecule has 1 amide bonds. The third-order valence-electron chi connectivity index (χ3n) is 3.11. The van der Waals surface area contributed by atoms with Crippen LogP contribution in [0.3, 0.4) is 0 Å². The van der Waals surface area contributed by atoms with Gasteiger partial charge in [-0.3, -0.25) is 4.79 Å². The highest BCUT2D eigenvalue weighted by Crippen LogP contribution is 2.27. The monoisotopic (exact) mass is 370 g/mol. The Kier molecular flexibility index (Phi) is 6.18. The van der Waals surface area contributed by atoms with E-state index in [2.05, 4.69) is 10.0 Å². The van der Waals surface area contributed by atoms with Crippen LogP contribution in [0, 0.1) is 0 Å². The Morgan fingerprint density at radius 3 is 2.50 bits per heavy atom. The van der Waals surface area contributed by atoms with Crippen LogP contribution in [0.4, 0.5) is 0 Å². The molecule has 1 heterocycles. The Morgan fingerprint density at radius 1 is 1.12 bits per heavy atom. The van der Waals surface area contributed by atoms with E-state index in [1.54, 1.807) is 29.6 Å². The van der Waals surface area contributed by atoms with E-state index in [0.29, 0.717) is 17.1 Å². The number of rotatable bonds is 8. The summed E-state index contributed by atoms with van der Waals surface area (Å²) in [7, 11) is -0.522. The quantitative estimate of drug-likeness (QED) is 0.687. The van der Waals surface area contributed by atoms with Crippen molar-refractivity contribution in [1.82, 2.24) is 10.0 Å². The summed E-state index contributed by atoms with van der Waals surface area (Å²) in [5.41, 5.74) is 0.397. The zero-order valence-electron chi connectivity index (χ0n) is 13.2. The topological polar surface area (TPSA) is 93.7 Å². The number of benzene rings is 1. The second-order valence-electron chi connectivity index (χ2n) is 4.66. The average molecular weight is 370 g/mol. The van der Waals surface area contributed by atoms with E-state index in [-0.39, 0.29) is 23.2 Å². The lowest BCUT2D eigenvalue weighted by molar-refractivity contribution is 0.0954. The smallest absolute Gasteiger partial charge is 0.251 e. The SMILES string of the molecule is COc1ccc(C(=O)NCCNS(=O)(=O)c2cccs2)cc1OC. The molecule has 130 valence electrons. The van der Waals surface area contributed by atoms with E-state index in [9.17, 15) is 13.2 Å². The highest BCUT2D eigenvalue weighted by Gasteiger charge is 2.14. The molecule has 0 bridgehead atoms. The van der Waals surface area contributed by atoms with Gasteiger partial charge in [-0.1, -0.05) is 6.07 Å². The molecule has 0 saturated carbocycles. The van der Waals surface area contributed by atoms with Gasteiger partial charge >= 0.3 is 0 Å². The van der Waals surface area contributed by atoms with Gasteiger partial charge in [0.25, 0.3) is 5.91 Å². The molecule has 0 spiro atoms. The third-order valence-corrected chi connectivity index (χ3v) is 5.97. The number of hydrogen-bond donors (Lipinski definition) is 2. The molecule has 7 nitrogen and oxygen atoms in total. The van der Waals surface area contributed by atoms with Crippen molar-refractivity contribution in [1.29, 1.82) is 0 Å². The van der Waals surface area contributed by atoms with Gasteiger partial charge in [0.2, 0.25) is 10.0 Å². The van der Waals surface area contributed by atoms with Crippen molar-refractivity contribution in [2.75, 3.05) is 27.3 Å². The van der Waals surface area contributed by atoms with Crippen molar-refractivity contribution in [3.05, 3.63) is 41.3 Å². The van der Waals surface area contributed by atoms with Crippen LogP contribution >= 0.6 is 11.3 Å². The fraction of sp³-hybridized carbons (Fsp3) is 0.267. The molecule has 2 aromatic rings. The van der Waals surface area contributed by atoms with Gasteiger partial charge in [0, 0.05) is 18.7 Å². The van der Waals surface area contributed by atoms with E-state index in [1.807, 2.05) is 0 Å². The zero-order valence-corrected chi connectivity index (χ0v) is 14.9. The molecule has 2 rings (SSSR count). The van der Waals surface area contributed by atoms with Gasteiger partial charge in [-0.15, -0.1) is 11.3 Å². The number of methoxy groups -OCH3 is 2. The van der Waals surface area contributed by atoms with E-state index in [0.717, 1.165) is 11.3 Å². The first-order valence-corrected chi connectivity index (χ1v) is 9.37. The van der Waals surface area contributed by atoms with Crippen LogP contribution < -0.4 is 19.5 Å². The zero-order chi connectivity index (χ0) is 17.6. The Morgan fingerprint density at radius 2 is 1.88 bits per heavy atom. The van der Waals surface area contributed by atoms with Gasteiger partial charge in [0.05, 0.1) is 14.2 Å². The molecule has 2 N–H and O–H groups in total. The molecule has 0 unspecified atom stereocenters. The Bertz CT molecular complexity index is 788. The van der Waals surface area contributed by atoms with E-state index in [1.165, 1.54) is 20.3 Å². The first kappa shape index (κ1) is 18.2. The number of sulfonamides is 1. The summed E-state index contributed by atoms with van der Waals surface area (Å²) in [6.45, 7) is 0.261. The predicted molar refractivity (Wildman–Crippen MR) is 91.4 cm³/mol. The molecule has 0 saturated heterocycles. The molecular formula is C15H18N2O5S2. The molecule has 1 aromatic carbocycles. The summed E-state index contributed by atoms with van der Waals surface area (Å²) >= 11 is 1.14. The summed E-state index contributed by atoms with van der Waals surface area (Å²) in [6, 6.07) is 7.98.